The van der Waals surface area contributed by atoms with E-state index in [0.717, 1.165) is 18.4 Å². The van der Waals surface area contributed by atoms with Gasteiger partial charge in [-0.2, -0.15) is 0 Å². The second kappa shape index (κ2) is 12.2. The second-order valence-corrected chi connectivity index (χ2v) is 7.47. The summed E-state index contributed by atoms with van der Waals surface area (Å²) in [4.78, 5) is 25.1. The van der Waals surface area contributed by atoms with Gasteiger partial charge in [-0.3, -0.25) is 4.79 Å². The van der Waals surface area contributed by atoms with Crippen molar-refractivity contribution in [3.8, 4) is 11.5 Å². The van der Waals surface area contributed by atoms with Crippen molar-refractivity contribution in [2.75, 3.05) is 19.8 Å². The number of nitrogens with two attached hydrogens (primary N) is 1. The van der Waals surface area contributed by atoms with Crippen molar-refractivity contribution < 1.29 is 24.2 Å². The molecule has 0 bridgehead atoms. The van der Waals surface area contributed by atoms with Gasteiger partial charge in [-0.15, -0.1) is 0 Å². The van der Waals surface area contributed by atoms with E-state index in [1.165, 1.54) is 12.1 Å². The van der Waals surface area contributed by atoms with E-state index in [9.17, 15) is 14.7 Å². The molecule has 1 amide bonds. The fourth-order valence-electron chi connectivity index (χ4n) is 2.79. The third-order valence-electron chi connectivity index (χ3n) is 4.31. The van der Waals surface area contributed by atoms with E-state index in [1.807, 2.05) is 30.3 Å². The van der Waals surface area contributed by atoms with Gasteiger partial charge in [0, 0.05) is 12.5 Å². The highest BCUT2D eigenvalue weighted by molar-refractivity contribution is 9.10. The number of carbonyl (C=O) groups excluding carboxylic acids is 2. The van der Waals surface area contributed by atoms with Gasteiger partial charge in [0.1, 0.15) is 17.5 Å². The Kier molecular flexibility index (Phi) is 9.63. The molecule has 0 aliphatic heterocycles. The maximum atomic E-state index is 12.8. The molecule has 0 fully saturated rings. The highest BCUT2D eigenvalue weighted by Crippen LogP contribution is 2.32. The molecule has 30 heavy (non-hydrogen) atoms. The number of amides is 1. The molecule has 162 valence electrons. The first-order valence-corrected chi connectivity index (χ1v) is 10.6. The summed E-state index contributed by atoms with van der Waals surface area (Å²) in [6, 6.07) is 11.3. The highest BCUT2D eigenvalue weighted by atomic mass is 79.9. The fourth-order valence-corrected chi connectivity index (χ4v) is 3.24. The molecule has 0 aromatic heterocycles. The zero-order chi connectivity index (χ0) is 21.9. The van der Waals surface area contributed by atoms with Gasteiger partial charge in [0.25, 0.3) is 5.91 Å². The number of esters is 1. The molecule has 2 rings (SSSR count). The van der Waals surface area contributed by atoms with E-state index in [1.54, 1.807) is 6.92 Å². The van der Waals surface area contributed by atoms with Gasteiger partial charge in [0.2, 0.25) is 0 Å². The summed E-state index contributed by atoms with van der Waals surface area (Å²) in [5.41, 5.74) is 6.37. The Morgan fingerprint density at radius 3 is 2.60 bits per heavy atom. The van der Waals surface area contributed by atoms with Crippen LogP contribution in [-0.2, 0) is 16.0 Å². The Labute approximate surface area is 184 Å². The number of halogens is 1. The summed E-state index contributed by atoms with van der Waals surface area (Å²) in [6.45, 7) is 2.93. The van der Waals surface area contributed by atoms with E-state index in [-0.39, 0.29) is 24.3 Å². The summed E-state index contributed by atoms with van der Waals surface area (Å²) < 4.78 is 11.2. The lowest BCUT2D eigenvalue weighted by Gasteiger charge is -2.18. The summed E-state index contributed by atoms with van der Waals surface area (Å²) in [6.07, 6.45) is 1.89. The van der Waals surface area contributed by atoms with Gasteiger partial charge < -0.3 is 25.6 Å². The minimum atomic E-state index is -0.884. The van der Waals surface area contributed by atoms with Gasteiger partial charge in [-0.05, 0) is 53.9 Å². The molecular weight excluding hydrogens is 452 g/mol. The third-order valence-corrected chi connectivity index (χ3v) is 4.93. The molecule has 0 spiro atoms. The lowest BCUT2D eigenvalue weighted by atomic mass is 10.1. The Hall–Kier alpha value is -2.58. The van der Waals surface area contributed by atoms with E-state index in [4.69, 9.17) is 15.2 Å². The number of phenols is 1. The van der Waals surface area contributed by atoms with Gasteiger partial charge >= 0.3 is 5.97 Å². The average Bonchev–Trinajstić information content (AvgIpc) is 2.73. The number of ether oxygens (including phenoxy) is 2. The molecule has 0 saturated carbocycles. The molecule has 0 aliphatic rings. The fraction of sp³-hybridized carbons (Fsp3) is 0.364. The Balaban J connectivity index is 2.13. The van der Waals surface area contributed by atoms with E-state index >= 15 is 0 Å². The number of nitrogens with one attached hydrogen (secondary N) is 1. The van der Waals surface area contributed by atoms with Crippen LogP contribution < -0.4 is 15.8 Å². The molecule has 4 N–H and O–H groups in total. The smallest absolute Gasteiger partial charge is 0.328 e. The molecular formula is C22H27BrN2O5. The standard InChI is InChI=1S/C22H27BrN2O5/c1-2-29-22(28)18(12-15-8-4-3-5-9-15)25-21(27)16-13-17(23)20(14-19(16)26)30-11-7-6-10-24/h3-5,8-9,13-14,18,26H,2,6-7,10-12,24H2,1H3,(H,25,27)/t18-/m1/s1. The maximum absolute atomic E-state index is 12.8. The van der Waals surface area contributed by atoms with Crippen molar-refractivity contribution in [2.24, 2.45) is 5.73 Å². The Morgan fingerprint density at radius 1 is 1.20 bits per heavy atom. The van der Waals surface area contributed by atoms with E-state index < -0.39 is 17.9 Å². The topological polar surface area (TPSA) is 111 Å². The van der Waals surface area contributed by atoms with Crippen LogP contribution in [0.4, 0.5) is 0 Å². The predicted octanol–water partition coefficient (Wildman–Crippen LogP) is 3.18. The van der Waals surface area contributed by atoms with Crippen molar-refractivity contribution in [1.82, 2.24) is 5.32 Å². The second-order valence-electron chi connectivity index (χ2n) is 6.61. The number of phenolic OH excluding ortho intramolecular Hbond substituents is 1. The molecule has 2 aromatic rings. The number of rotatable bonds is 11. The van der Waals surface area contributed by atoms with Crippen molar-refractivity contribution in [2.45, 2.75) is 32.2 Å². The quantitative estimate of drug-likeness (QED) is 0.337. The van der Waals surface area contributed by atoms with Crippen LogP contribution >= 0.6 is 15.9 Å². The minimum absolute atomic E-state index is 0.0264. The van der Waals surface area contributed by atoms with E-state index in [0.29, 0.717) is 23.4 Å². The summed E-state index contributed by atoms with van der Waals surface area (Å²) >= 11 is 3.36. The lowest BCUT2D eigenvalue weighted by molar-refractivity contribution is -0.145. The van der Waals surface area contributed by atoms with Gasteiger partial charge in [0.15, 0.2) is 0 Å². The lowest BCUT2D eigenvalue weighted by Crippen LogP contribution is -2.43. The van der Waals surface area contributed by atoms with Crippen molar-refractivity contribution >= 4 is 27.8 Å². The van der Waals surface area contributed by atoms with Crippen LogP contribution in [0.25, 0.3) is 0 Å². The third kappa shape index (κ3) is 7.03. The summed E-state index contributed by atoms with van der Waals surface area (Å²) in [7, 11) is 0. The normalized spacial score (nSPS) is 11.6. The molecule has 0 saturated heterocycles. The molecule has 7 nitrogen and oxygen atoms in total. The van der Waals surface area contributed by atoms with Gasteiger partial charge in [0.05, 0.1) is 23.2 Å². The molecule has 0 heterocycles. The van der Waals surface area contributed by atoms with Gasteiger partial charge in [-0.25, -0.2) is 4.79 Å². The maximum Gasteiger partial charge on any atom is 0.328 e. The van der Waals surface area contributed by atoms with Crippen LogP contribution in [0.15, 0.2) is 46.9 Å². The zero-order valence-electron chi connectivity index (χ0n) is 16.9. The first-order valence-electron chi connectivity index (χ1n) is 9.83. The van der Waals surface area contributed by atoms with Crippen LogP contribution in [0, 0.1) is 0 Å². The van der Waals surface area contributed by atoms with Crippen LogP contribution in [0.1, 0.15) is 35.7 Å². The highest BCUT2D eigenvalue weighted by Gasteiger charge is 2.25. The first kappa shape index (κ1) is 23.7. The number of hydrogen-bond donors (Lipinski definition) is 3. The van der Waals surface area contributed by atoms with Crippen LogP contribution in [-0.4, -0.2) is 42.8 Å². The predicted molar refractivity (Wildman–Crippen MR) is 118 cm³/mol. The molecule has 0 unspecified atom stereocenters. The molecule has 2 aromatic carbocycles. The molecule has 1 atom stereocenters. The monoisotopic (exact) mass is 478 g/mol. The van der Waals surface area contributed by atoms with Crippen LogP contribution in [0.2, 0.25) is 0 Å². The summed E-state index contributed by atoms with van der Waals surface area (Å²) in [5.74, 6) is -0.941. The number of carbonyl (C=O) groups is 2. The van der Waals surface area contributed by atoms with Crippen LogP contribution in [0.3, 0.4) is 0 Å². The molecule has 0 radical (unpaired) electrons. The van der Waals surface area contributed by atoms with Crippen molar-refractivity contribution in [3.63, 3.8) is 0 Å². The largest absolute Gasteiger partial charge is 0.507 e. The molecule has 0 aliphatic carbocycles. The Bertz CT molecular complexity index is 845. The number of hydrogen-bond acceptors (Lipinski definition) is 6. The molecule has 8 heteroatoms. The SMILES string of the molecule is CCOC(=O)[C@@H](Cc1ccccc1)NC(=O)c1cc(Br)c(OCCCCN)cc1O. The van der Waals surface area contributed by atoms with Crippen molar-refractivity contribution in [3.05, 3.63) is 58.1 Å². The number of unbranched alkanes of at least 4 members (excludes halogenated alkanes) is 1. The zero-order valence-corrected chi connectivity index (χ0v) is 18.5. The van der Waals surface area contributed by atoms with E-state index in [2.05, 4.69) is 21.2 Å². The number of aromatic hydroxyl groups is 1. The van der Waals surface area contributed by atoms with Crippen LogP contribution in [0.5, 0.6) is 11.5 Å². The Morgan fingerprint density at radius 2 is 1.93 bits per heavy atom. The average molecular weight is 479 g/mol. The van der Waals surface area contributed by atoms with Gasteiger partial charge in [-0.1, -0.05) is 30.3 Å². The summed E-state index contributed by atoms with van der Waals surface area (Å²) in [5, 5.41) is 13.0. The number of benzene rings is 2. The minimum Gasteiger partial charge on any atom is -0.507 e. The first-order chi connectivity index (χ1) is 14.5. The van der Waals surface area contributed by atoms with Crippen molar-refractivity contribution in [1.29, 1.82) is 0 Å².